The van der Waals surface area contributed by atoms with E-state index in [0.717, 1.165) is 36.9 Å². The lowest BCUT2D eigenvalue weighted by atomic mass is 10.0. The maximum absolute atomic E-state index is 10.2. The van der Waals surface area contributed by atoms with Gasteiger partial charge < -0.3 is 9.68 Å². The van der Waals surface area contributed by atoms with Crippen LogP contribution >= 0.6 is 0 Å². The molecule has 0 radical (unpaired) electrons. The van der Waals surface area contributed by atoms with Gasteiger partial charge in [0.2, 0.25) is 0 Å². The van der Waals surface area contributed by atoms with Crippen molar-refractivity contribution in [3.05, 3.63) is 41.5 Å². The third kappa shape index (κ3) is 3.43. The normalized spacial score (nSPS) is 15.1. The number of carbonyl (C=O) groups excluding carboxylic acids is 1. The van der Waals surface area contributed by atoms with Gasteiger partial charge in [-0.05, 0) is 36.5 Å². The van der Waals surface area contributed by atoms with E-state index in [1.807, 2.05) is 18.2 Å². The molecule has 0 aromatic heterocycles. The molecule has 2 rings (SSSR count). The molecule has 0 saturated carbocycles. The Kier molecular flexibility index (Phi) is 4.33. The molecule has 0 N–H and O–H groups in total. The van der Waals surface area contributed by atoms with E-state index >= 15 is 0 Å². The van der Waals surface area contributed by atoms with Crippen LogP contribution in [0, 0.1) is 0 Å². The Morgan fingerprint density at radius 3 is 3.12 bits per heavy atom. The van der Waals surface area contributed by atoms with E-state index in [9.17, 15) is 4.79 Å². The monoisotopic (exact) mass is 232 g/mol. The number of allylic oxidation sites excluding steroid dienone is 2. The van der Waals surface area contributed by atoms with E-state index in [2.05, 4.69) is 12.1 Å². The lowest BCUT2D eigenvalue weighted by molar-refractivity contribution is -0.203. The van der Waals surface area contributed by atoms with Crippen molar-refractivity contribution in [1.82, 2.24) is 0 Å². The molecule has 1 aliphatic heterocycles. The summed E-state index contributed by atoms with van der Waals surface area (Å²) in [6.45, 7) is 0.642. The second kappa shape index (κ2) is 6.21. The number of benzene rings is 1. The molecule has 17 heavy (non-hydrogen) atoms. The van der Waals surface area contributed by atoms with Crippen LogP contribution in [0.25, 0.3) is 0 Å². The lowest BCUT2D eigenvalue weighted by Crippen LogP contribution is -1.96. The SMILES string of the molecule is O=CC/C=C/Cc1ccc2c(c1)OOCCC2. The van der Waals surface area contributed by atoms with Crippen molar-refractivity contribution in [3.63, 3.8) is 0 Å². The number of rotatable bonds is 4. The fourth-order valence-corrected chi connectivity index (χ4v) is 1.81. The summed E-state index contributed by atoms with van der Waals surface area (Å²) in [6.07, 6.45) is 8.03. The summed E-state index contributed by atoms with van der Waals surface area (Å²) in [4.78, 5) is 20.4. The molecule has 0 saturated heterocycles. The van der Waals surface area contributed by atoms with Crippen LogP contribution in [-0.4, -0.2) is 12.9 Å². The van der Waals surface area contributed by atoms with Gasteiger partial charge in [0.1, 0.15) is 6.29 Å². The molecule has 0 bridgehead atoms. The second-order valence-electron chi connectivity index (χ2n) is 4.03. The minimum Gasteiger partial charge on any atom is -0.337 e. The highest BCUT2D eigenvalue weighted by molar-refractivity contribution is 5.51. The highest BCUT2D eigenvalue weighted by Gasteiger charge is 2.09. The highest BCUT2D eigenvalue weighted by Crippen LogP contribution is 2.24. The van der Waals surface area contributed by atoms with Gasteiger partial charge in [0.15, 0.2) is 5.75 Å². The van der Waals surface area contributed by atoms with Crippen LogP contribution in [-0.2, 0) is 22.5 Å². The Morgan fingerprint density at radius 2 is 2.24 bits per heavy atom. The fourth-order valence-electron chi connectivity index (χ4n) is 1.81. The smallest absolute Gasteiger partial charge is 0.168 e. The summed E-state index contributed by atoms with van der Waals surface area (Å²) in [5.41, 5.74) is 2.36. The fraction of sp³-hybridized carbons (Fsp3) is 0.357. The van der Waals surface area contributed by atoms with E-state index in [1.165, 1.54) is 5.56 Å². The van der Waals surface area contributed by atoms with Crippen molar-refractivity contribution in [2.75, 3.05) is 6.61 Å². The average molecular weight is 232 g/mol. The first-order chi connectivity index (χ1) is 8.40. The van der Waals surface area contributed by atoms with Crippen molar-refractivity contribution in [2.24, 2.45) is 0 Å². The Morgan fingerprint density at radius 1 is 1.29 bits per heavy atom. The molecule has 0 spiro atoms. The number of hydrogen-bond donors (Lipinski definition) is 0. The summed E-state index contributed by atoms with van der Waals surface area (Å²) >= 11 is 0. The second-order valence-corrected chi connectivity index (χ2v) is 4.03. The summed E-state index contributed by atoms with van der Waals surface area (Å²) < 4.78 is 0. The summed E-state index contributed by atoms with van der Waals surface area (Å²) in [5, 5.41) is 0. The van der Waals surface area contributed by atoms with Gasteiger partial charge in [0.05, 0.1) is 6.61 Å². The van der Waals surface area contributed by atoms with E-state index in [1.54, 1.807) is 0 Å². The zero-order chi connectivity index (χ0) is 11.9. The molecule has 90 valence electrons. The molecule has 0 atom stereocenters. The van der Waals surface area contributed by atoms with Crippen LogP contribution < -0.4 is 4.89 Å². The summed E-state index contributed by atoms with van der Waals surface area (Å²) in [5.74, 6) is 0.823. The van der Waals surface area contributed by atoms with E-state index in [0.29, 0.717) is 13.0 Å². The summed E-state index contributed by atoms with van der Waals surface area (Å²) in [6, 6.07) is 6.19. The van der Waals surface area contributed by atoms with Crippen LogP contribution in [0.3, 0.4) is 0 Å². The van der Waals surface area contributed by atoms with Crippen molar-refractivity contribution in [3.8, 4) is 5.75 Å². The first-order valence-corrected chi connectivity index (χ1v) is 5.90. The van der Waals surface area contributed by atoms with Crippen LogP contribution in [0.2, 0.25) is 0 Å². The topological polar surface area (TPSA) is 35.5 Å². The number of hydrogen-bond acceptors (Lipinski definition) is 3. The first-order valence-electron chi connectivity index (χ1n) is 5.90. The predicted octanol–water partition coefficient (Wildman–Crippen LogP) is 2.63. The van der Waals surface area contributed by atoms with Gasteiger partial charge in [-0.2, -0.15) is 4.89 Å². The number of aldehydes is 1. The van der Waals surface area contributed by atoms with Gasteiger partial charge in [-0.3, -0.25) is 0 Å². The molecule has 3 heteroatoms. The van der Waals surface area contributed by atoms with Gasteiger partial charge in [0, 0.05) is 6.42 Å². The maximum atomic E-state index is 10.2. The molecule has 1 aliphatic rings. The molecule has 3 nitrogen and oxygen atoms in total. The van der Waals surface area contributed by atoms with Gasteiger partial charge in [0.25, 0.3) is 0 Å². The molecule has 0 amide bonds. The Balaban J connectivity index is 2.04. The standard InChI is InChI=1S/C14H16O3/c15-9-3-1-2-5-12-7-8-13-6-4-10-16-17-14(13)11-12/h1-2,7-9,11H,3-6,10H2/b2-1+. The van der Waals surface area contributed by atoms with Crippen LogP contribution in [0.1, 0.15) is 24.0 Å². The predicted molar refractivity (Wildman–Crippen MR) is 64.9 cm³/mol. The van der Waals surface area contributed by atoms with Crippen molar-refractivity contribution >= 4 is 6.29 Å². The zero-order valence-corrected chi connectivity index (χ0v) is 9.72. The quantitative estimate of drug-likeness (QED) is 0.455. The van der Waals surface area contributed by atoms with Gasteiger partial charge in [-0.1, -0.05) is 24.3 Å². The van der Waals surface area contributed by atoms with Gasteiger partial charge in [-0.25, -0.2) is 0 Å². The third-order valence-electron chi connectivity index (χ3n) is 2.71. The number of aryl methyl sites for hydroxylation is 1. The molecular weight excluding hydrogens is 216 g/mol. The van der Waals surface area contributed by atoms with Crippen molar-refractivity contribution < 1.29 is 14.6 Å². The minimum atomic E-state index is 0.477. The van der Waals surface area contributed by atoms with Crippen molar-refractivity contribution in [1.29, 1.82) is 0 Å². The van der Waals surface area contributed by atoms with Gasteiger partial charge >= 0.3 is 0 Å². The molecule has 1 aromatic rings. The lowest BCUT2D eigenvalue weighted by Gasteiger charge is -2.06. The Bertz CT molecular complexity index is 410. The molecule has 0 aliphatic carbocycles. The molecule has 0 fully saturated rings. The van der Waals surface area contributed by atoms with Crippen LogP contribution in [0.4, 0.5) is 0 Å². The van der Waals surface area contributed by atoms with Crippen LogP contribution in [0.5, 0.6) is 5.75 Å². The first kappa shape index (κ1) is 11.9. The number of fused-ring (bicyclic) bond motifs is 1. The largest absolute Gasteiger partial charge is 0.337 e. The van der Waals surface area contributed by atoms with E-state index < -0.39 is 0 Å². The molecular formula is C14H16O3. The average Bonchev–Trinajstić information content (AvgIpc) is 2.59. The van der Waals surface area contributed by atoms with Crippen molar-refractivity contribution in [2.45, 2.75) is 25.7 Å². The Labute approximate surface area is 101 Å². The highest BCUT2D eigenvalue weighted by atomic mass is 17.2. The van der Waals surface area contributed by atoms with E-state index in [-0.39, 0.29) is 0 Å². The molecule has 1 heterocycles. The zero-order valence-electron chi connectivity index (χ0n) is 9.72. The van der Waals surface area contributed by atoms with Crippen LogP contribution in [0.15, 0.2) is 30.4 Å². The number of carbonyl (C=O) groups is 1. The molecule has 0 unspecified atom stereocenters. The summed E-state index contributed by atoms with van der Waals surface area (Å²) in [7, 11) is 0. The third-order valence-corrected chi connectivity index (χ3v) is 2.71. The minimum absolute atomic E-state index is 0.477. The van der Waals surface area contributed by atoms with E-state index in [4.69, 9.17) is 9.78 Å². The molecule has 1 aromatic carbocycles. The van der Waals surface area contributed by atoms with Gasteiger partial charge in [-0.15, -0.1) is 0 Å². The maximum Gasteiger partial charge on any atom is 0.168 e. The Hall–Kier alpha value is -1.61.